The van der Waals surface area contributed by atoms with Gasteiger partial charge in [0.25, 0.3) is 5.91 Å². The highest BCUT2D eigenvalue weighted by molar-refractivity contribution is 6.30. The topological polar surface area (TPSA) is 94.3 Å². The van der Waals surface area contributed by atoms with Gasteiger partial charge >= 0.3 is 0 Å². The monoisotopic (exact) mass is 456 g/mol. The van der Waals surface area contributed by atoms with Crippen LogP contribution in [0.3, 0.4) is 0 Å². The average molecular weight is 457 g/mol. The molecule has 5 aromatic rings. The summed E-state index contributed by atoms with van der Waals surface area (Å²) in [6.07, 6.45) is 3.39. The van der Waals surface area contributed by atoms with Gasteiger partial charge in [-0.2, -0.15) is 9.61 Å². The number of fused-ring (bicyclic) bond motifs is 1. The van der Waals surface area contributed by atoms with Crippen LogP contribution in [0.4, 0.5) is 5.69 Å². The first-order valence-corrected chi connectivity index (χ1v) is 10.4. The molecule has 162 valence electrons. The quantitative estimate of drug-likeness (QED) is 0.403. The number of carbonyl (C=O) groups excluding carboxylic acids is 1. The largest absolute Gasteiger partial charge is 0.484 e. The molecule has 0 saturated carbocycles. The van der Waals surface area contributed by atoms with Crippen molar-refractivity contribution in [2.75, 3.05) is 11.9 Å². The maximum absolute atomic E-state index is 12.3. The van der Waals surface area contributed by atoms with E-state index in [9.17, 15) is 4.79 Å². The fourth-order valence-electron chi connectivity index (χ4n) is 3.26. The molecule has 8 nitrogen and oxygen atoms in total. The fourth-order valence-corrected chi connectivity index (χ4v) is 3.38. The number of benzene rings is 2. The van der Waals surface area contributed by atoms with Crippen LogP contribution < -0.4 is 10.1 Å². The van der Waals surface area contributed by atoms with Crippen LogP contribution in [0.2, 0.25) is 5.02 Å². The highest BCUT2D eigenvalue weighted by Crippen LogP contribution is 2.23. The molecule has 0 saturated heterocycles. The Balaban J connectivity index is 1.34. The Morgan fingerprint density at radius 3 is 2.58 bits per heavy atom. The van der Waals surface area contributed by atoms with Crippen LogP contribution in [0, 0.1) is 0 Å². The van der Waals surface area contributed by atoms with Crippen molar-refractivity contribution in [2.45, 2.75) is 0 Å². The third-order valence-electron chi connectivity index (χ3n) is 4.83. The first kappa shape index (κ1) is 20.6. The van der Waals surface area contributed by atoms with Crippen LogP contribution >= 0.6 is 11.6 Å². The minimum atomic E-state index is -0.274. The van der Waals surface area contributed by atoms with E-state index in [4.69, 9.17) is 21.4 Å². The number of aromatic nitrogens is 5. The maximum Gasteiger partial charge on any atom is 0.262 e. The third kappa shape index (κ3) is 4.65. The molecule has 0 aliphatic rings. The Morgan fingerprint density at radius 2 is 1.76 bits per heavy atom. The fraction of sp³-hybridized carbons (Fsp3) is 0.0417. The summed E-state index contributed by atoms with van der Waals surface area (Å²) in [6, 6.07) is 21.7. The lowest BCUT2D eigenvalue weighted by molar-refractivity contribution is -0.118. The van der Waals surface area contributed by atoms with Crippen LogP contribution in [0.15, 0.2) is 85.2 Å². The summed E-state index contributed by atoms with van der Waals surface area (Å²) in [5, 5.41) is 16.6. The maximum atomic E-state index is 12.3. The van der Waals surface area contributed by atoms with Gasteiger partial charge in [-0.25, -0.2) is 0 Å². The van der Waals surface area contributed by atoms with Gasteiger partial charge in [0.15, 0.2) is 18.1 Å². The number of hydrogen-bond acceptors (Lipinski definition) is 6. The van der Waals surface area contributed by atoms with E-state index in [1.54, 1.807) is 41.2 Å². The van der Waals surface area contributed by atoms with Gasteiger partial charge in [0.2, 0.25) is 0 Å². The first-order chi connectivity index (χ1) is 16.2. The second kappa shape index (κ2) is 9.05. The second-order valence-electron chi connectivity index (χ2n) is 7.12. The number of hydrogen-bond donors (Lipinski definition) is 1. The molecule has 0 atom stereocenters. The van der Waals surface area contributed by atoms with Crippen LogP contribution in [0.1, 0.15) is 0 Å². The summed E-state index contributed by atoms with van der Waals surface area (Å²) >= 11 is 5.86. The van der Waals surface area contributed by atoms with Gasteiger partial charge in [0.1, 0.15) is 5.75 Å². The Bertz CT molecular complexity index is 1420. The minimum absolute atomic E-state index is 0.119. The normalized spacial score (nSPS) is 10.8. The number of halogens is 1. The molecule has 3 aromatic heterocycles. The molecular weight excluding hydrogens is 440 g/mol. The highest BCUT2D eigenvalue weighted by Gasteiger charge is 2.11. The predicted octanol–water partition coefficient (Wildman–Crippen LogP) is 4.52. The Hall–Kier alpha value is -4.30. The van der Waals surface area contributed by atoms with Crippen molar-refractivity contribution in [3.8, 4) is 28.4 Å². The number of anilines is 1. The molecule has 2 aromatic carbocycles. The van der Waals surface area contributed by atoms with Gasteiger partial charge in [0.05, 0.1) is 5.69 Å². The summed E-state index contributed by atoms with van der Waals surface area (Å²) in [5.41, 5.74) is 3.68. The number of pyridine rings is 1. The number of ether oxygens (including phenoxy) is 1. The van der Waals surface area contributed by atoms with Crippen molar-refractivity contribution in [3.63, 3.8) is 0 Å². The van der Waals surface area contributed by atoms with Crippen molar-refractivity contribution in [2.24, 2.45) is 0 Å². The number of nitrogens with zero attached hydrogens (tertiary/aromatic N) is 5. The molecule has 1 amide bonds. The van der Waals surface area contributed by atoms with E-state index in [0.29, 0.717) is 33.6 Å². The minimum Gasteiger partial charge on any atom is -0.484 e. The number of rotatable bonds is 6. The van der Waals surface area contributed by atoms with Gasteiger partial charge in [-0.1, -0.05) is 23.7 Å². The van der Waals surface area contributed by atoms with E-state index < -0.39 is 0 Å². The van der Waals surface area contributed by atoms with Gasteiger partial charge in [-0.15, -0.1) is 10.2 Å². The van der Waals surface area contributed by atoms with Crippen LogP contribution in [0.5, 0.6) is 5.75 Å². The SMILES string of the molecule is O=C(COc1ccc(Cl)cc1)Nc1cccc(-c2ccc3nnc(-c4ccncc4)n3n2)c1. The molecular formula is C24H17ClN6O2. The van der Waals surface area contributed by atoms with E-state index >= 15 is 0 Å². The number of nitrogens with one attached hydrogen (secondary N) is 1. The van der Waals surface area contributed by atoms with E-state index in [1.165, 1.54) is 0 Å². The van der Waals surface area contributed by atoms with Crippen LogP contribution in [-0.2, 0) is 4.79 Å². The Morgan fingerprint density at radius 1 is 0.939 bits per heavy atom. The zero-order valence-electron chi connectivity index (χ0n) is 17.2. The lowest BCUT2D eigenvalue weighted by Crippen LogP contribution is -2.20. The van der Waals surface area contributed by atoms with Crippen LogP contribution in [0.25, 0.3) is 28.3 Å². The van der Waals surface area contributed by atoms with Gasteiger partial charge in [0, 0.05) is 34.2 Å². The van der Waals surface area contributed by atoms with Gasteiger partial charge < -0.3 is 10.1 Å². The Labute approximate surface area is 193 Å². The van der Waals surface area contributed by atoms with Crippen molar-refractivity contribution in [1.82, 2.24) is 24.8 Å². The molecule has 0 fully saturated rings. The molecule has 5 rings (SSSR count). The second-order valence-corrected chi connectivity index (χ2v) is 7.56. The summed E-state index contributed by atoms with van der Waals surface area (Å²) in [5.74, 6) is 0.919. The zero-order valence-corrected chi connectivity index (χ0v) is 18.0. The van der Waals surface area contributed by atoms with Crippen molar-refractivity contribution in [1.29, 1.82) is 0 Å². The first-order valence-electron chi connectivity index (χ1n) is 10.1. The van der Waals surface area contributed by atoms with Crippen molar-refractivity contribution >= 4 is 28.8 Å². The number of amides is 1. The Kier molecular flexibility index (Phi) is 5.65. The predicted molar refractivity (Wildman–Crippen MR) is 125 cm³/mol. The molecule has 0 spiro atoms. The number of carbonyl (C=O) groups is 1. The summed E-state index contributed by atoms with van der Waals surface area (Å²) < 4.78 is 7.19. The molecule has 9 heteroatoms. The zero-order chi connectivity index (χ0) is 22.6. The van der Waals surface area contributed by atoms with E-state index in [1.807, 2.05) is 48.5 Å². The molecule has 0 bridgehead atoms. The molecule has 1 N–H and O–H groups in total. The summed E-state index contributed by atoms with van der Waals surface area (Å²) in [7, 11) is 0. The van der Waals surface area contributed by atoms with Crippen molar-refractivity contribution in [3.05, 3.63) is 90.2 Å². The van der Waals surface area contributed by atoms with E-state index in [2.05, 4.69) is 20.5 Å². The lowest BCUT2D eigenvalue weighted by Gasteiger charge is -2.09. The summed E-state index contributed by atoms with van der Waals surface area (Å²) in [4.78, 5) is 16.4. The summed E-state index contributed by atoms with van der Waals surface area (Å²) in [6.45, 7) is -0.119. The third-order valence-corrected chi connectivity index (χ3v) is 5.08. The molecule has 3 heterocycles. The molecule has 33 heavy (non-hydrogen) atoms. The van der Waals surface area contributed by atoms with E-state index in [0.717, 1.165) is 11.1 Å². The van der Waals surface area contributed by atoms with Gasteiger partial charge in [-0.3, -0.25) is 9.78 Å². The van der Waals surface area contributed by atoms with E-state index in [-0.39, 0.29) is 12.5 Å². The van der Waals surface area contributed by atoms with Gasteiger partial charge in [-0.05, 0) is 60.7 Å². The molecule has 0 radical (unpaired) electrons. The highest BCUT2D eigenvalue weighted by atomic mass is 35.5. The van der Waals surface area contributed by atoms with Crippen LogP contribution in [-0.4, -0.2) is 37.3 Å². The molecule has 0 unspecified atom stereocenters. The standard InChI is InChI=1S/C24H17ClN6O2/c25-18-4-6-20(7-5-18)33-15-23(32)27-19-3-1-2-17(14-19)21-8-9-22-28-29-24(31(22)30-21)16-10-12-26-13-11-16/h1-14H,15H2,(H,27,32). The van der Waals surface area contributed by atoms with Crippen molar-refractivity contribution < 1.29 is 9.53 Å². The lowest BCUT2D eigenvalue weighted by atomic mass is 10.1. The smallest absolute Gasteiger partial charge is 0.262 e. The molecule has 0 aliphatic heterocycles. The average Bonchev–Trinajstić information content (AvgIpc) is 3.28. The molecule has 0 aliphatic carbocycles.